The van der Waals surface area contributed by atoms with Crippen molar-refractivity contribution in [2.75, 3.05) is 25.0 Å². The number of fused-ring (bicyclic) bond motifs is 1. The second kappa shape index (κ2) is 10.9. The van der Waals surface area contributed by atoms with Crippen LogP contribution in [0.15, 0.2) is 41.9 Å². The number of aromatic nitrogens is 2. The van der Waals surface area contributed by atoms with Crippen molar-refractivity contribution in [2.45, 2.75) is 26.3 Å². The molecule has 3 N–H and O–H groups in total. The van der Waals surface area contributed by atoms with Gasteiger partial charge in [0.2, 0.25) is 0 Å². The van der Waals surface area contributed by atoms with Crippen molar-refractivity contribution in [3.8, 4) is 22.4 Å². The number of nitrogens with one attached hydrogen (secondary N) is 2. The molecule has 1 aromatic carbocycles. The highest BCUT2D eigenvalue weighted by Crippen LogP contribution is 2.41. The first kappa shape index (κ1) is 25.2. The van der Waals surface area contributed by atoms with Crippen molar-refractivity contribution < 1.29 is 19.1 Å². The molecule has 5 rings (SSSR count). The number of thiazole rings is 1. The number of benzene rings is 1. The quantitative estimate of drug-likeness (QED) is 0.280. The number of carbonyl (C=O) groups excluding carboxylic acids is 1. The number of piperidine rings is 1. The van der Waals surface area contributed by atoms with Crippen molar-refractivity contribution in [3.63, 3.8) is 0 Å². The minimum absolute atomic E-state index is 0.193. The lowest BCUT2D eigenvalue weighted by Crippen LogP contribution is -2.35. The monoisotopic (exact) mass is 539 g/mol. The van der Waals surface area contributed by atoms with Gasteiger partial charge in [0, 0.05) is 35.3 Å². The van der Waals surface area contributed by atoms with Crippen LogP contribution in [-0.4, -0.2) is 51.6 Å². The summed E-state index contributed by atoms with van der Waals surface area (Å²) in [6.45, 7) is 4.44. The van der Waals surface area contributed by atoms with E-state index in [2.05, 4.69) is 25.5 Å². The molecular formula is C26H26FN5O3S2. The standard InChI is InChI=1S/C26H26FN5O3S2/c1-2-28-25(35)31-26-30-22-21(27)18(12-19(23(22)37-26)20-5-3-4-8-29-20)16-11-17(36-14-16)13-32-9-6-15(7-10-32)24(33)34/h3-5,8,11-12,14-15H,2,6-7,9-10,13H2,1H3,(H,33,34)(H2,28,30,31,35). The Kier molecular flexibility index (Phi) is 7.45. The minimum atomic E-state index is -0.723. The van der Waals surface area contributed by atoms with Crippen molar-refractivity contribution in [3.05, 3.63) is 52.6 Å². The number of nitrogens with zero attached hydrogens (tertiary/aromatic N) is 3. The number of urea groups is 1. The Labute approximate surface area is 221 Å². The maximum absolute atomic E-state index is 15.9. The number of amides is 2. The molecule has 2 amide bonds. The zero-order valence-corrected chi connectivity index (χ0v) is 21.8. The molecule has 1 aliphatic heterocycles. The van der Waals surface area contributed by atoms with Gasteiger partial charge in [-0.25, -0.2) is 14.2 Å². The van der Waals surface area contributed by atoms with Crippen LogP contribution in [0.5, 0.6) is 0 Å². The predicted molar refractivity (Wildman–Crippen MR) is 144 cm³/mol. The smallest absolute Gasteiger partial charge is 0.321 e. The van der Waals surface area contributed by atoms with E-state index < -0.39 is 17.8 Å². The SMILES string of the molecule is CCNC(=O)Nc1nc2c(F)c(-c3csc(CN4CCC(C(=O)O)CC4)c3)cc(-c3ccccn3)c2s1. The number of hydrogen-bond acceptors (Lipinski definition) is 7. The molecule has 4 aromatic rings. The number of aliphatic carboxylic acids is 1. The largest absolute Gasteiger partial charge is 0.481 e. The lowest BCUT2D eigenvalue weighted by molar-refractivity contribution is -0.143. The summed E-state index contributed by atoms with van der Waals surface area (Å²) >= 11 is 2.77. The van der Waals surface area contributed by atoms with E-state index >= 15 is 4.39 Å². The first-order chi connectivity index (χ1) is 17.9. The molecule has 3 aromatic heterocycles. The Hall–Kier alpha value is -3.41. The average Bonchev–Trinajstić information content (AvgIpc) is 3.53. The third-order valence-electron chi connectivity index (χ3n) is 6.38. The third-order valence-corrected chi connectivity index (χ3v) is 8.31. The van der Waals surface area contributed by atoms with Gasteiger partial charge in [0.05, 0.1) is 16.3 Å². The normalized spacial score (nSPS) is 14.6. The van der Waals surface area contributed by atoms with Crippen LogP contribution < -0.4 is 10.6 Å². The van der Waals surface area contributed by atoms with Gasteiger partial charge in [-0.2, -0.15) is 0 Å². The molecule has 0 unspecified atom stereocenters. The van der Waals surface area contributed by atoms with E-state index in [0.29, 0.717) is 47.0 Å². The molecule has 8 nitrogen and oxygen atoms in total. The molecule has 0 aliphatic carbocycles. The topological polar surface area (TPSA) is 107 Å². The van der Waals surface area contributed by atoms with Gasteiger partial charge in [-0.1, -0.05) is 17.4 Å². The number of carbonyl (C=O) groups is 2. The highest BCUT2D eigenvalue weighted by atomic mass is 32.1. The van der Waals surface area contributed by atoms with Crippen LogP contribution in [0.4, 0.5) is 14.3 Å². The van der Waals surface area contributed by atoms with E-state index in [1.165, 1.54) is 11.3 Å². The summed E-state index contributed by atoms with van der Waals surface area (Å²) in [6, 6.07) is 8.97. The maximum atomic E-state index is 15.9. The Morgan fingerprint density at radius 1 is 1.22 bits per heavy atom. The van der Waals surface area contributed by atoms with Gasteiger partial charge in [-0.15, -0.1) is 11.3 Å². The second-order valence-electron chi connectivity index (χ2n) is 8.87. The molecule has 37 heavy (non-hydrogen) atoms. The third kappa shape index (κ3) is 5.48. The average molecular weight is 540 g/mol. The van der Waals surface area contributed by atoms with Gasteiger partial charge >= 0.3 is 12.0 Å². The summed E-state index contributed by atoms with van der Waals surface area (Å²) in [7, 11) is 0. The van der Waals surface area contributed by atoms with Crippen molar-refractivity contribution >= 4 is 50.0 Å². The molecular weight excluding hydrogens is 513 g/mol. The van der Waals surface area contributed by atoms with Crippen molar-refractivity contribution in [2.24, 2.45) is 5.92 Å². The Balaban J connectivity index is 1.47. The molecule has 4 heterocycles. The first-order valence-electron chi connectivity index (χ1n) is 12.0. The molecule has 1 fully saturated rings. The molecule has 0 bridgehead atoms. The fourth-order valence-electron chi connectivity index (χ4n) is 4.49. The molecule has 1 saturated heterocycles. The summed E-state index contributed by atoms with van der Waals surface area (Å²) in [6.07, 6.45) is 2.97. The van der Waals surface area contributed by atoms with Crippen LogP contribution >= 0.6 is 22.7 Å². The summed E-state index contributed by atoms with van der Waals surface area (Å²) in [5.41, 5.74) is 2.81. The zero-order valence-electron chi connectivity index (χ0n) is 20.2. The Morgan fingerprint density at radius 3 is 2.73 bits per heavy atom. The van der Waals surface area contributed by atoms with E-state index in [1.807, 2.05) is 36.6 Å². The van der Waals surface area contributed by atoms with E-state index in [1.54, 1.807) is 23.6 Å². The van der Waals surface area contributed by atoms with Crippen LogP contribution in [0, 0.1) is 11.7 Å². The van der Waals surface area contributed by atoms with Gasteiger partial charge in [0.25, 0.3) is 0 Å². The number of carboxylic acids is 1. The summed E-state index contributed by atoms with van der Waals surface area (Å²) in [5.74, 6) is -1.44. The number of carboxylic acid groups (broad SMARTS) is 1. The van der Waals surface area contributed by atoms with Crippen molar-refractivity contribution in [1.29, 1.82) is 0 Å². The second-order valence-corrected chi connectivity index (χ2v) is 10.9. The van der Waals surface area contributed by atoms with Crippen LogP contribution in [-0.2, 0) is 11.3 Å². The lowest BCUT2D eigenvalue weighted by Gasteiger charge is -2.29. The fraction of sp³-hybridized carbons (Fsp3) is 0.308. The first-order valence-corrected chi connectivity index (χ1v) is 13.7. The fourth-order valence-corrected chi connectivity index (χ4v) is 6.40. The minimum Gasteiger partial charge on any atom is -0.481 e. The number of rotatable bonds is 7. The number of hydrogen-bond donors (Lipinski definition) is 3. The summed E-state index contributed by atoms with van der Waals surface area (Å²) in [4.78, 5) is 35.5. The van der Waals surface area contributed by atoms with Crippen LogP contribution in [0.25, 0.3) is 32.6 Å². The van der Waals surface area contributed by atoms with E-state index in [9.17, 15) is 14.7 Å². The highest BCUT2D eigenvalue weighted by molar-refractivity contribution is 7.22. The highest BCUT2D eigenvalue weighted by Gasteiger charge is 2.25. The van der Waals surface area contributed by atoms with E-state index in [-0.39, 0.29) is 11.4 Å². The van der Waals surface area contributed by atoms with Crippen LogP contribution in [0.3, 0.4) is 0 Å². The van der Waals surface area contributed by atoms with Gasteiger partial charge < -0.3 is 10.4 Å². The van der Waals surface area contributed by atoms with Gasteiger partial charge in [0.15, 0.2) is 10.9 Å². The van der Waals surface area contributed by atoms with Gasteiger partial charge in [-0.05, 0) is 68.1 Å². The van der Waals surface area contributed by atoms with E-state index in [4.69, 9.17) is 0 Å². The van der Waals surface area contributed by atoms with Gasteiger partial charge in [-0.3, -0.25) is 20.0 Å². The summed E-state index contributed by atoms with van der Waals surface area (Å²) in [5, 5.41) is 16.8. The Morgan fingerprint density at radius 2 is 2.03 bits per heavy atom. The van der Waals surface area contributed by atoms with Crippen LogP contribution in [0.2, 0.25) is 0 Å². The lowest BCUT2D eigenvalue weighted by atomic mass is 9.97. The van der Waals surface area contributed by atoms with E-state index in [0.717, 1.165) is 29.1 Å². The Bertz CT molecular complexity index is 1430. The molecule has 1 aliphatic rings. The molecule has 0 radical (unpaired) electrons. The predicted octanol–water partition coefficient (Wildman–Crippen LogP) is 5.66. The maximum Gasteiger partial charge on any atom is 0.321 e. The number of thiophene rings is 1. The number of anilines is 1. The van der Waals surface area contributed by atoms with Crippen LogP contribution in [0.1, 0.15) is 24.6 Å². The molecule has 0 spiro atoms. The van der Waals surface area contributed by atoms with Crippen molar-refractivity contribution in [1.82, 2.24) is 20.2 Å². The van der Waals surface area contributed by atoms with Gasteiger partial charge in [0.1, 0.15) is 5.52 Å². The number of likely N-dealkylation sites (tertiary alicyclic amines) is 1. The molecule has 192 valence electrons. The molecule has 0 saturated carbocycles. The summed E-state index contributed by atoms with van der Waals surface area (Å²) < 4.78 is 16.5. The zero-order chi connectivity index (χ0) is 25.9. The number of halogens is 1. The molecule has 0 atom stereocenters. The molecule has 11 heteroatoms. The number of pyridine rings is 1.